The molecule has 1 amide bonds. The number of methoxy groups -OCH3 is 2. The molecule has 3 rings (SSSR count). The summed E-state index contributed by atoms with van der Waals surface area (Å²) in [6.45, 7) is 1.62. The molecule has 1 unspecified atom stereocenters. The van der Waals surface area contributed by atoms with E-state index in [4.69, 9.17) is 9.47 Å². The first-order chi connectivity index (χ1) is 15.8. The standard InChI is InChI=1S/C23H24N4O6/c1-15-20(22(29)32-2)21(17-10-12-18(13-11-17)27(30)31)26(23(24-15)33-3)25-19(28)14-9-16-7-5-4-6-8-16/h4-8,10-13,21H,9,14H2,1-3H3,(H,25,28). The number of non-ortho nitro benzene ring substituents is 1. The highest BCUT2D eigenvalue weighted by Crippen LogP contribution is 2.35. The number of aliphatic imine (C=N–C) groups is 1. The van der Waals surface area contributed by atoms with E-state index in [0.29, 0.717) is 17.7 Å². The summed E-state index contributed by atoms with van der Waals surface area (Å²) in [5, 5.41) is 12.4. The maximum Gasteiger partial charge on any atom is 0.338 e. The van der Waals surface area contributed by atoms with Gasteiger partial charge in [0.25, 0.3) is 5.69 Å². The lowest BCUT2D eigenvalue weighted by molar-refractivity contribution is -0.384. The Morgan fingerprint density at radius 3 is 2.36 bits per heavy atom. The zero-order chi connectivity index (χ0) is 24.0. The fourth-order valence-electron chi connectivity index (χ4n) is 3.51. The minimum Gasteiger partial charge on any atom is -0.467 e. The third kappa shape index (κ3) is 5.35. The number of esters is 1. The second-order valence-corrected chi connectivity index (χ2v) is 7.23. The number of hydrogen-bond donors (Lipinski definition) is 1. The first-order valence-corrected chi connectivity index (χ1v) is 10.1. The number of carbonyl (C=O) groups excluding carboxylic acids is 2. The molecule has 1 atom stereocenters. The number of allylic oxidation sites excluding steroid dienone is 1. The smallest absolute Gasteiger partial charge is 0.338 e. The zero-order valence-electron chi connectivity index (χ0n) is 18.5. The van der Waals surface area contributed by atoms with Gasteiger partial charge in [-0.25, -0.2) is 14.8 Å². The van der Waals surface area contributed by atoms with Gasteiger partial charge in [0, 0.05) is 18.6 Å². The predicted octanol–water partition coefficient (Wildman–Crippen LogP) is 3.06. The van der Waals surface area contributed by atoms with Crippen LogP contribution in [0.1, 0.15) is 30.5 Å². The van der Waals surface area contributed by atoms with E-state index in [1.165, 1.54) is 43.5 Å². The third-order valence-electron chi connectivity index (χ3n) is 5.13. The van der Waals surface area contributed by atoms with Crippen molar-refractivity contribution in [3.8, 4) is 0 Å². The van der Waals surface area contributed by atoms with Crippen LogP contribution in [0.5, 0.6) is 0 Å². The molecule has 33 heavy (non-hydrogen) atoms. The lowest BCUT2D eigenvalue weighted by Gasteiger charge is -2.36. The molecule has 0 saturated carbocycles. The topological polar surface area (TPSA) is 123 Å². The molecule has 2 aromatic carbocycles. The van der Waals surface area contributed by atoms with Crippen molar-refractivity contribution in [2.45, 2.75) is 25.8 Å². The quantitative estimate of drug-likeness (QED) is 0.389. The molecule has 1 heterocycles. The van der Waals surface area contributed by atoms with Gasteiger partial charge < -0.3 is 9.47 Å². The first-order valence-electron chi connectivity index (χ1n) is 10.1. The van der Waals surface area contributed by atoms with Gasteiger partial charge in [-0.2, -0.15) is 0 Å². The van der Waals surface area contributed by atoms with Gasteiger partial charge in [-0.15, -0.1) is 0 Å². The Morgan fingerprint density at radius 2 is 1.79 bits per heavy atom. The summed E-state index contributed by atoms with van der Waals surface area (Å²) in [7, 11) is 2.64. The number of nitro groups is 1. The van der Waals surface area contributed by atoms with Crippen molar-refractivity contribution in [3.05, 3.63) is 87.1 Å². The van der Waals surface area contributed by atoms with Crippen LogP contribution in [0.15, 0.2) is 70.9 Å². The van der Waals surface area contributed by atoms with Crippen LogP contribution in [0.2, 0.25) is 0 Å². The molecule has 1 aliphatic heterocycles. The first kappa shape index (κ1) is 23.5. The fraction of sp³-hybridized carbons (Fsp3) is 0.261. The summed E-state index contributed by atoms with van der Waals surface area (Å²) in [6.07, 6.45) is 0.696. The number of rotatable bonds is 7. The molecule has 0 radical (unpaired) electrons. The van der Waals surface area contributed by atoms with Crippen molar-refractivity contribution < 1.29 is 24.0 Å². The van der Waals surface area contributed by atoms with Gasteiger partial charge in [0.05, 0.1) is 30.4 Å². The third-order valence-corrected chi connectivity index (χ3v) is 5.13. The Balaban J connectivity index is 1.95. The van der Waals surface area contributed by atoms with Crippen molar-refractivity contribution >= 4 is 23.6 Å². The molecular weight excluding hydrogens is 428 g/mol. The molecule has 0 aromatic heterocycles. The predicted molar refractivity (Wildman–Crippen MR) is 120 cm³/mol. The van der Waals surface area contributed by atoms with E-state index in [2.05, 4.69) is 10.4 Å². The van der Waals surface area contributed by atoms with E-state index in [-0.39, 0.29) is 29.6 Å². The maximum atomic E-state index is 12.8. The van der Waals surface area contributed by atoms with Crippen LogP contribution in [0, 0.1) is 10.1 Å². The number of nitro benzene ring substituents is 1. The molecule has 1 N–H and O–H groups in total. The van der Waals surface area contributed by atoms with Crippen LogP contribution in [-0.4, -0.2) is 42.0 Å². The SMILES string of the molecule is COC(=O)C1=C(C)N=C(OC)N(NC(=O)CCc2ccccc2)C1c1ccc([N+](=O)[O-])cc1. The Kier molecular flexibility index (Phi) is 7.39. The van der Waals surface area contributed by atoms with E-state index in [0.717, 1.165) is 5.56 Å². The van der Waals surface area contributed by atoms with Crippen LogP contribution in [-0.2, 0) is 25.5 Å². The molecule has 0 saturated heterocycles. The maximum absolute atomic E-state index is 12.8. The monoisotopic (exact) mass is 452 g/mol. The van der Waals surface area contributed by atoms with Crippen molar-refractivity contribution in [3.63, 3.8) is 0 Å². The van der Waals surface area contributed by atoms with E-state index < -0.39 is 16.9 Å². The largest absolute Gasteiger partial charge is 0.467 e. The summed E-state index contributed by atoms with van der Waals surface area (Å²) >= 11 is 0. The van der Waals surface area contributed by atoms with Crippen LogP contribution < -0.4 is 5.43 Å². The second kappa shape index (κ2) is 10.4. The number of nitrogens with one attached hydrogen (secondary N) is 1. The number of amidine groups is 1. The highest BCUT2D eigenvalue weighted by atomic mass is 16.6. The molecule has 10 heteroatoms. The van der Waals surface area contributed by atoms with Gasteiger partial charge in [0.2, 0.25) is 5.91 Å². The molecule has 0 aliphatic carbocycles. The number of benzene rings is 2. The number of hydrazine groups is 1. The van der Waals surface area contributed by atoms with Crippen LogP contribution in [0.25, 0.3) is 0 Å². The van der Waals surface area contributed by atoms with Gasteiger partial charge in [0.1, 0.15) is 6.04 Å². The van der Waals surface area contributed by atoms with E-state index in [9.17, 15) is 19.7 Å². The normalized spacial score (nSPS) is 15.5. The van der Waals surface area contributed by atoms with Gasteiger partial charge in [-0.05, 0) is 36.6 Å². The summed E-state index contributed by atoms with van der Waals surface area (Å²) in [6, 6.07) is 14.4. The molecular formula is C23H24N4O6. The molecule has 0 spiro atoms. The average Bonchev–Trinajstić information content (AvgIpc) is 2.83. The van der Waals surface area contributed by atoms with E-state index in [1.54, 1.807) is 6.92 Å². The van der Waals surface area contributed by atoms with Crippen LogP contribution >= 0.6 is 0 Å². The number of aryl methyl sites for hydroxylation is 1. The summed E-state index contributed by atoms with van der Waals surface area (Å²) in [5.41, 5.74) is 4.70. The molecule has 10 nitrogen and oxygen atoms in total. The summed E-state index contributed by atoms with van der Waals surface area (Å²) in [4.78, 5) is 40.3. The summed E-state index contributed by atoms with van der Waals surface area (Å²) in [5.74, 6) is -0.961. The number of nitrogens with zero attached hydrogens (tertiary/aromatic N) is 3. The van der Waals surface area contributed by atoms with Crippen molar-refractivity contribution in [1.82, 2.24) is 10.4 Å². The Morgan fingerprint density at radius 1 is 1.12 bits per heavy atom. The Bertz CT molecular complexity index is 1100. The number of hydrogen-bond acceptors (Lipinski definition) is 8. The Hall–Kier alpha value is -4.21. The zero-order valence-corrected chi connectivity index (χ0v) is 18.5. The van der Waals surface area contributed by atoms with Crippen molar-refractivity contribution in [1.29, 1.82) is 0 Å². The molecule has 0 bridgehead atoms. The van der Waals surface area contributed by atoms with Crippen LogP contribution in [0.3, 0.4) is 0 Å². The molecule has 1 aliphatic rings. The Labute approximate surface area is 190 Å². The van der Waals surface area contributed by atoms with Crippen molar-refractivity contribution in [2.75, 3.05) is 14.2 Å². The fourth-order valence-corrected chi connectivity index (χ4v) is 3.51. The second-order valence-electron chi connectivity index (χ2n) is 7.23. The molecule has 2 aromatic rings. The number of ether oxygens (including phenoxy) is 2. The number of amides is 1. The molecule has 172 valence electrons. The van der Waals surface area contributed by atoms with Gasteiger partial charge in [-0.3, -0.25) is 20.3 Å². The van der Waals surface area contributed by atoms with Crippen molar-refractivity contribution in [2.24, 2.45) is 4.99 Å². The minimum atomic E-state index is -0.869. The molecule has 0 fully saturated rings. The minimum absolute atomic E-state index is 0.0663. The lowest BCUT2D eigenvalue weighted by atomic mass is 9.95. The van der Waals surface area contributed by atoms with Gasteiger partial charge >= 0.3 is 12.0 Å². The highest BCUT2D eigenvalue weighted by Gasteiger charge is 2.38. The average molecular weight is 452 g/mol. The lowest BCUT2D eigenvalue weighted by Crippen LogP contribution is -2.51. The van der Waals surface area contributed by atoms with Gasteiger partial charge in [0.15, 0.2) is 0 Å². The van der Waals surface area contributed by atoms with Crippen LogP contribution in [0.4, 0.5) is 5.69 Å². The van der Waals surface area contributed by atoms with E-state index in [1.807, 2.05) is 30.3 Å². The highest BCUT2D eigenvalue weighted by molar-refractivity contribution is 5.94. The van der Waals surface area contributed by atoms with E-state index >= 15 is 0 Å². The van der Waals surface area contributed by atoms with Gasteiger partial charge in [-0.1, -0.05) is 30.3 Å². The number of carbonyl (C=O) groups is 2. The summed E-state index contributed by atoms with van der Waals surface area (Å²) < 4.78 is 10.3.